The van der Waals surface area contributed by atoms with E-state index in [2.05, 4.69) is 164 Å². The van der Waals surface area contributed by atoms with Gasteiger partial charge in [0.1, 0.15) is 0 Å². The summed E-state index contributed by atoms with van der Waals surface area (Å²) in [5.41, 5.74) is 10.4. The Morgan fingerprint density at radius 1 is 0.413 bits per heavy atom. The average molecular weight is 603 g/mol. The molecular formula is C42H39BO3. The van der Waals surface area contributed by atoms with Gasteiger partial charge in [0, 0.05) is 12.0 Å². The second-order valence-electron chi connectivity index (χ2n) is 11.6. The van der Waals surface area contributed by atoms with E-state index in [4.69, 9.17) is 4.65 Å². The summed E-state index contributed by atoms with van der Waals surface area (Å²) in [6.45, 7) is 0.298. The maximum Gasteiger partial charge on any atom is 0.633 e. The topological polar surface area (TPSA) is 49.7 Å². The van der Waals surface area contributed by atoms with Crippen molar-refractivity contribution in [2.45, 2.75) is 31.1 Å². The molecule has 0 aromatic heterocycles. The lowest BCUT2D eigenvalue weighted by Gasteiger charge is -2.40. The van der Waals surface area contributed by atoms with E-state index in [1.165, 1.54) is 50.1 Å². The Balaban J connectivity index is 1.66. The fourth-order valence-corrected chi connectivity index (χ4v) is 6.87. The molecule has 0 amide bonds. The first-order valence-corrected chi connectivity index (χ1v) is 16.1. The molecule has 0 aliphatic rings. The molecule has 0 saturated carbocycles. The van der Waals surface area contributed by atoms with Crippen molar-refractivity contribution in [2.24, 2.45) is 0 Å². The summed E-state index contributed by atoms with van der Waals surface area (Å²) in [6, 6.07) is 58.7. The average Bonchev–Trinajstić information content (AvgIpc) is 3.13. The summed E-state index contributed by atoms with van der Waals surface area (Å²) >= 11 is 0. The minimum absolute atomic E-state index is 0.298. The minimum Gasteiger partial charge on any atom is -0.402 e. The van der Waals surface area contributed by atoms with Crippen LogP contribution in [0.5, 0.6) is 0 Å². The normalized spacial score (nSPS) is 11.3. The Morgan fingerprint density at radius 3 is 1.13 bits per heavy atom. The fraction of sp³-hybridized carbons (Fsp3) is 0.143. The van der Waals surface area contributed by atoms with E-state index in [-0.39, 0.29) is 0 Å². The van der Waals surface area contributed by atoms with E-state index >= 15 is 0 Å². The molecule has 0 aliphatic heterocycles. The molecule has 0 bridgehead atoms. The zero-order chi connectivity index (χ0) is 31.6. The minimum atomic E-state index is -1.74. The second kappa shape index (κ2) is 15.0. The van der Waals surface area contributed by atoms with Crippen LogP contribution in [0.3, 0.4) is 0 Å². The first-order valence-electron chi connectivity index (χ1n) is 16.1. The van der Waals surface area contributed by atoms with Crippen LogP contribution in [-0.4, -0.2) is 24.0 Å². The van der Waals surface area contributed by atoms with Gasteiger partial charge in [-0.1, -0.05) is 177 Å². The monoisotopic (exact) mass is 602 g/mol. The maximum atomic E-state index is 9.23. The fourth-order valence-electron chi connectivity index (χ4n) is 6.87. The largest absolute Gasteiger partial charge is 0.633 e. The number of hydrogen-bond donors (Lipinski definition) is 2. The van der Waals surface area contributed by atoms with Crippen molar-refractivity contribution in [3.8, 4) is 33.4 Å². The number of unbranched alkanes of at least 4 members (excludes halogenated alkanes) is 2. The highest BCUT2D eigenvalue weighted by atomic mass is 16.6. The van der Waals surface area contributed by atoms with E-state index in [1.54, 1.807) is 0 Å². The molecule has 0 atom stereocenters. The zero-order valence-corrected chi connectivity index (χ0v) is 26.0. The van der Waals surface area contributed by atoms with Crippen molar-refractivity contribution in [2.75, 3.05) is 6.61 Å². The summed E-state index contributed by atoms with van der Waals surface area (Å²) in [6.07, 6.45) is 3.35. The molecule has 6 aromatic rings. The van der Waals surface area contributed by atoms with Crippen LogP contribution in [0.2, 0.25) is 0 Å². The summed E-state index contributed by atoms with van der Waals surface area (Å²) in [4.78, 5) is 0. The van der Waals surface area contributed by atoms with Gasteiger partial charge in [-0.25, -0.2) is 0 Å². The SMILES string of the molecule is OB(O)OCCCCCC(c1ccccc1-c1ccccc1)(c1ccccc1-c1ccccc1)c1ccccc1-c1ccccc1. The van der Waals surface area contributed by atoms with Crippen LogP contribution < -0.4 is 0 Å². The van der Waals surface area contributed by atoms with Gasteiger partial charge in [-0.3, -0.25) is 0 Å². The van der Waals surface area contributed by atoms with Crippen molar-refractivity contribution in [1.29, 1.82) is 0 Å². The smallest absolute Gasteiger partial charge is 0.402 e. The molecular weight excluding hydrogens is 563 g/mol. The van der Waals surface area contributed by atoms with Crippen LogP contribution in [0.15, 0.2) is 164 Å². The van der Waals surface area contributed by atoms with E-state index in [0.717, 1.165) is 25.7 Å². The van der Waals surface area contributed by atoms with E-state index in [9.17, 15) is 10.0 Å². The Labute approximate surface area is 273 Å². The number of rotatable bonds is 13. The van der Waals surface area contributed by atoms with Crippen LogP contribution in [-0.2, 0) is 10.1 Å². The second-order valence-corrected chi connectivity index (χ2v) is 11.6. The molecule has 0 unspecified atom stereocenters. The third kappa shape index (κ3) is 6.75. The summed E-state index contributed by atoms with van der Waals surface area (Å²) in [7, 11) is -1.74. The van der Waals surface area contributed by atoms with Gasteiger partial charge >= 0.3 is 7.32 Å². The molecule has 0 heterocycles. The van der Waals surface area contributed by atoms with Gasteiger partial charge in [0.25, 0.3) is 0 Å². The van der Waals surface area contributed by atoms with E-state index < -0.39 is 12.7 Å². The third-order valence-corrected chi connectivity index (χ3v) is 8.88. The van der Waals surface area contributed by atoms with Gasteiger partial charge < -0.3 is 14.7 Å². The maximum absolute atomic E-state index is 9.23. The molecule has 0 saturated heterocycles. The van der Waals surface area contributed by atoms with Gasteiger partial charge in [-0.15, -0.1) is 0 Å². The van der Waals surface area contributed by atoms with Crippen LogP contribution >= 0.6 is 0 Å². The van der Waals surface area contributed by atoms with E-state index in [0.29, 0.717) is 6.61 Å². The van der Waals surface area contributed by atoms with Crippen LogP contribution in [0.1, 0.15) is 42.4 Å². The molecule has 6 rings (SSSR count). The Hall–Kier alpha value is -4.74. The molecule has 0 spiro atoms. The van der Waals surface area contributed by atoms with Gasteiger partial charge in [0.05, 0.1) is 0 Å². The Kier molecular flexibility index (Phi) is 10.2. The predicted molar refractivity (Wildman–Crippen MR) is 190 cm³/mol. The standard InChI is InChI=1S/C42H39BO3/c44-43(45)46-32-18-4-17-31-42(39-28-14-11-25-36(39)33-19-5-1-6-20-33,40-29-15-12-26-37(40)34-21-7-2-8-22-34)41-30-16-13-27-38(41)35-23-9-3-10-24-35/h1-3,5-16,19-30,44-45H,4,17-18,31-32H2. The van der Waals surface area contributed by atoms with Gasteiger partial charge in [0.15, 0.2) is 0 Å². The summed E-state index contributed by atoms with van der Waals surface area (Å²) in [5, 5.41) is 18.5. The first kappa shape index (κ1) is 31.3. The Bertz CT molecular complexity index is 1620. The van der Waals surface area contributed by atoms with Crippen LogP contribution in [0, 0.1) is 0 Å². The Morgan fingerprint density at radius 2 is 0.761 bits per heavy atom. The van der Waals surface area contributed by atoms with Gasteiger partial charge in [0.2, 0.25) is 0 Å². The third-order valence-electron chi connectivity index (χ3n) is 8.88. The van der Waals surface area contributed by atoms with Crippen molar-refractivity contribution in [3.05, 3.63) is 180 Å². The molecule has 3 nitrogen and oxygen atoms in total. The highest BCUT2D eigenvalue weighted by molar-refractivity contribution is 6.32. The summed E-state index contributed by atoms with van der Waals surface area (Å²) in [5.74, 6) is 0. The molecule has 6 aromatic carbocycles. The molecule has 0 radical (unpaired) electrons. The molecule has 0 aliphatic carbocycles. The highest BCUT2D eigenvalue weighted by Gasteiger charge is 2.41. The van der Waals surface area contributed by atoms with Gasteiger partial charge in [-0.05, 0) is 62.9 Å². The van der Waals surface area contributed by atoms with E-state index in [1.807, 2.05) is 0 Å². The lowest BCUT2D eigenvalue weighted by Crippen LogP contribution is -2.32. The molecule has 228 valence electrons. The first-order chi connectivity index (χ1) is 22.7. The van der Waals surface area contributed by atoms with Crippen molar-refractivity contribution in [3.63, 3.8) is 0 Å². The van der Waals surface area contributed by atoms with Crippen LogP contribution in [0.4, 0.5) is 0 Å². The quantitative estimate of drug-likeness (QED) is 0.0787. The molecule has 4 heteroatoms. The molecule has 0 fully saturated rings. The zero-order valence-electron chi connectivity index (χ0n) is 26.0. The highest BCUT2D eigenvalue weighted by Crippen LogP contribution is 2.52. The lowest BCUT2D eigenvalue weighted by atomic mass is 9.62. The predicted octanol–water partition coefficient (Wildman–Crippen LogP) is 9.57. The van der Waals surface area contributed by atoms with Crippen molar-refractivity contribution < 1.29 is 14.7 Å². The molecule has 2 N–H and O–H groups in total. The lowest BCUT2D eigenvalue weighted by molar-refractivity contribution is 0.181. The van der Waals surface area contributed by atoms with Crippen molar-refractivity contribution >= 4 is 7.32 Å². The van der Waals surface area contributed by atoms with Crippen molar-refractivity contribution in [1.82, 2.24) is 0 Å². The number of benzene rings is 6. The summed E-state index contributed by atoms with van der Waals surface area (Å²) < 4.78 is 5.07. The molecule has 46 heavy (non-hydrogen) atoms. The van der Waals surface area contributed by atoms with Crippen LogP contribution in [0.25, 0.3) is 33.4 Å². The van der Waals surface area contributed by atoms with Gasteiger partial charge in [-0.2, -0.15) is 0 Å². The number of hydrogen-bond acceptors (Lipinski definition) is 3.